The van der Waals surface area contributed by atoms with Crippen LogP contribution in [0.2, 0.25) is 0 Å². The van der Waals surface area contributed by atoms with Crippen molar-refractivity contribution in [1.82, 2.24) is 10.2 Å². The van der Waals surface area contributed by atoms with Crippen molar-refractivity contribution in [1.29, 1.82) is 0 Å². The molecule has 2 rings (SSSR count). The third-order valence-electron chi connectivity index (χ3n) is 4.24. The molecule has 1 aromatic carbocycles. The van der Waals surface area contributed by atoms with Crippen LogP contribution in [0.15, 0.2) is 24.3 Å². The lowest BCUT2D eigenvalue weighted by molar-refractivity contribution is 0.0598. The smallest absolute Gasteiger partial charge is 0.254 e. The van der Waals surface area contributed by atoms with E-state index in [1.54, 1.807) is 0 Å². The maximum Gasteiger partial charge on any atom is 0.254 e. The zero-order chi connectivity index (χ0) is 15.1. The first-order valence-electron chi connectivity index (χ1n) is 7.92. The van der Waals surface area contributed by atoms with Gasteiger partial charge in [0.2, 0.25) is 0 Å². The number of benzene rings is 1. The van der Waals surface area contributed by atoms with Gasteiger partial charge in [0.05, 0.1) is 12.6 Å². The van der Waals surface area contributed by atoms with E-state index in [0.29, 0.717) is 0 Å². The molecule has 1 fully saturated rings. The summed E-state index contributed by atoms with van der Waals surface area (Å²) in [6.45, 7) is 1.67. The Morgan fingerprint density at radius 1 is 1.33 bits per heavy atom. The minimum atomic E-state index is -0.0302. The highest BCUT2D eigenvalue weighted by atomic mass is 16.3. The van der Waals surface area contributed by atoms with Crippen LogP contribution in [0.5, 0.6) is 0 Å². The van der Waals surface area contributed by atoms with Crippen molar-refractivity contribution >= 4 is 5.91 Å². The lowest BCUT2D eigenvalue weighted by atomic mass is 10.0. The molecule has 1 aliphatic heterocycles. The lowest BCUT2D eigenvalue weighted by Gasteiger charge is -2.29. The molecule has 0 aliphatic carbocycles. The first kappa shape index (κ1) is 16.0. The minimum absolute atomic E-state index is 0.0302. The number of carbonyl (C=O) groups excluding carboxylic acids is 1. The van der Waals surface area contributed by atoms with Crippen molar-refractivity contribution in [3.63, 3.8) is 0 Å². The fourth-order valence-electron chi connectivity index (χ4n) is 3.00. The Balaban J connectivity index is 2.21. The third-order valence-corrected chi connectivity index (χ3v) is 4.24. The zero-order valence-corrected chi connectivity index (χ0v) is 12.8. The summed E-state index contributed by atoms with van der Waals surface area (Å²) in [7, 11) is 1.92. The SMILES string of the molecule is CNCCc1ccccc1C(=O)N1CCCCCC1CO. The average Bonchev–Trinajstić information content (AvgIpc) is 2.77. The molecule has 0 aromatic heterocycles. The summed E-state index contributed by atoms with van der Waals surface area (Å²) in [5.41, 5.74) is 1.87. The summed E-state index contributed by atoms with van der Waals surface area (Å²) in [6.07, 6.45) is 5.01. The monoisotopic (exact) mass is 290 g/mol. The Morgan fingerprint density at radius 3 is 2.90 bits per heavy atom. The number of amides is 1. The van der Waals surface area contributed by atoms with E-state index in [0.717, 1.165) is 56.3 Å². The van der Waals surface area contributed by atoms with Crippen LogP contribution in [0, 0.1) is 0 Å². The first-order valence-corrected chi connectivity index (χ1v) is 7.92. The van der Waals surface area contributed by atoms with Crippen molar-refractivity contribution in [3.05, 3.63) is 35.4 Å². The van der Waals surface area contributed by atoms with Crippen molar-refractivity contribution in [2.24, 2.45) is 0 Å². The van der Waals surface area contributed by atoms with Gasteiger partial charge in [-0.05, 0) is 44.5 Å². The van der Waals surface area contributed by atoms with Gasteiger partial charge in [-0.2, -0.15) is 0 Å². The van der Waals surface area contributed by atoms with Crippen LogP contribution in [0.3, 0.4) is 0 Å². The van der Waals surface area contributed by atoms with Gasteiger partial charge in [-0.25, -0.2) is 0 Å². The number of hydrogen-bond acceptors (Lipinski definition) is 3. The molecule has 0 radical (unpaired) electrons. The summed E-state index contributed by atoms with van der Waals surface area (Å²) in [5.74, 6) is 0.0719. The van der Waals surface area contributed by atoms with Crippen LogP contribution in [-0.4, -0.2) is 48.7 Å². The second kappa shape index (κ2) is 8.15. The molecular formula is C17H26N2O2. The van der Waals surface area contributed by atoms with Gasteiger partial charge in [0.25, 0.3) is 5.91 Å². The van der Waals surface area contributed by atoms with Crippen LogP contribution >= 0.6 is 0 Å². The standard InChI is InChI=1S/C17H26N2O2/c1-18-11-10-14-7-4-5-9-16(14)17(21)19-12-6-2-3-8-15(19)13-20/h4-5,7,9,15,18,20H,2-3,6,8,10-13H2,1H3. The van der Waals surface area contributed by atoms with Gasteiger partial charge >= 0.3 is 0 Å². The molecule has 1 atom stereocenters. The molecule has 0 spiro atoms. The molecule has 1 amide bonds. The second-order valence-electron chi connectivity index (χ2n) is 5.69. The first-order chi connectivity index (χ1) is 10.3. The zero-order valence-electron chi connectivity index (χ0n) is 12.8. The van der Waals surface area contributed by atoms with E-state index in [9.17, 15) is 9.90 Å². The molecule has 1 heterocycles. The van der Waals surface area contributed by atoms with Crippen molar-refractivity contribution in [3.8, 4) is 0 Å². The maximum absolute atomic E-state index is 12.9. The topological polar surface area (TPSA) is 52.6 Å². The van der Waals surface area contributed by atoms with E-state index in [1.807, 2.05) is 36.2 Å². The number of nitrogens with one attached hydrogen (secondary N) is 1. The number of likely N-dealkylation sites (N-methyl/N-ethyl adjacent to an activating group) is 1. The van der Waals surface area contributed by atoms with Crippen LogP contribution in [0.25, 0.3) is 0 Å². The molecule has 4 nitrogen and oxygen atoms in total. The molecule has 4 heteroatoms. The summed E-state index contributed by atoms with van der Waals surface area (Å²) in [4.78, 5) is 14.8. The molecule has 2 N–H and O–H groups in total. The number of hydrogen-bond donors (Lipinski definition) is 2. The fraction of sp³-hybridized carbons (Fsp3) is 0.588. The van der Waals surface area contributed by atoms with Gasteiger partial charge in [0.15, 0.2) is 0 Å². The Labute approximate surface area is 127 Å². The number of carbonyl (C=O) groups is 1. The predicted molar refractivity (Wildman–Crippen MR) is 84.5 cm³/mol. The van der Waals surface area contributed by atoms with Crippen molar-refractivity contribution < 1.29 is 9.90 Å². The summed E-state index contributed by atoms with van der Waals surface area (Å²) in [6, 6.07) is 7.80. The van der Waals surface area contributed by atoms with Crippen molar-refractivity contribution in [2.75, 3.05) is 26.7 Å². The Hall–Kier alpha value is -1.39. The lowest BCUT2D eigenvalue weighted by Crippen LogP contribution is -2.42. The quantitative estimate of drug-likeness (QED) is 0.870. The summed E-state index contributed by atoms with van der Waals surface area (Å²) in [5, 5.41) is 12.7. The number of aliphatic hydroxyl groups excluding tert-OH is 1. The van der Waals surface area contributed by atoms with Crippen LogP contribution < -0.4 is 5.32 Å². The fourth-order valence-corrected chi connectivity index (χ4v) is 3.00. The second-order valence-corrected chi connectivity index (χ2v) is 5.69. The molecule has 1 aliphatic rings. The van der Waals surface area contributed by atoms with E-state index in [1.165, 1.54) is 0 Å². The van der Waals surface area contributed by atoms with Crippen LogP contribution in [0.4, 0.5) is 0 Å². The number of nitrogens with zero attached hydrogens (tertiary/aromatic N) is 1. The average molecular weight is 290 g/mol. The summed E-state index contributed by atoms with van der Waals surface area (Å²) >= 11 is 0. The molecule has 1 saturated heterocycles. The van der Waals surface area contributed by atoms with E-state index >= 15 is 0 Å². The van der Waals surface area contributed by atoms with Gasteiger partial charge in [0.1, 0.15) is 0 Å². The Bertz CT molecular complexity index is 462. The van der Waals surface area contributed by atoms with E-state index < -0.39 is 0 Å². The van der Waals surface area contributed by atoms with E-state index in [-0.39, 0.29) is 18.6 Å². The number of likely N-dealkylation sites (tertiary alicyclic amines) is 1. The molecule has 0 bridgehead atoms. The Kier molecular flexibility index (Phi) is 6.21. The van der Waals surface area contributed by atoms with Gasteiger partial charge < -0.3 is 15.3 Å². The highest BCUT2D eigenvalue weighted by Gasteiger charge is 2.26. The van der Waals surface area contributed by atoms with Gasteiger partial charge in [0, 0.05) is 12.1 Å². The molecular weight excluding hydrogens is 264 g/mol. The highest BCUT2D eigenvalue weighted by molar-refractivity contribution is 5.96. The van der Waals surface area contributed by atoms with E-state index in [4.69, 9.17) is 0 Å². The van der Waals surface area contributed by atoms with Crippen LogP contribution in [-0.2, 0) is 6.42 Å². The van der Waals surface area contributed by atoms with Gasteiger partial charge in [-0.1, -0.05) is 31.0 Å². The van der Waals surface area contributed by atoms with Crippen molar-refractivity contribution in [2.45, 2.75) is 38.1 Å². The molecule has 1 aromatic rings. The number of rotatable bonds is 5. The maximum atomic E-state index is 12.9. The van der Waals surface area contributed by atoms with E-state index in [2.05, 4.69) is 5.32 Å². The number of aliphatic hydroxyl groups is 1. The third kappa shape index (κ3) is 4.05. The van der Waals surface area contributed by atoms with Gasteiger partial charge in [-0.3, -0.25) is 4.79 Å². The summed E-state index contributed by atoms with van der Waals surface area (Å²) < 4.78 is 0. The molecule has 116 valence electrons. The molecule has 21 heavy (non-hydrogen) atoms. The van der Waals surface area contributed by atoms with Crippen LogP contribution in [0.1, 0.15) is 41.6 Å². The molecule has 1 unspecified atom stereocenters. The normalized spacial score (nSPS) is 19.3. The minimum Gasteiger partial charge on any atom is -0.394 e. The molecule has 0 saturated carbocycles. The van der Waals surface area contributed by atoms with Gasteiger partial charge in [-0.15, -0.1) is 0 Å². The largest absolute Gasteiger partial charge is 0.394 e. The Morgan fingerprint density at radius 2 is 2.14 bits per heavy atom. The highest BCUT2D eigenvalue weighted by Crippen LogP contribution is 2.21. The predicted octanol–water partition coefficient (Wildman–Crippen LogP) is 1.83.